The van der Waals surface area contributed by atoms with Crippen molar-refractivity contribution < 1.29 is 0 Å². The lowest BCUT2D eigenvalue weighted by atomic mass is 9.85. The first-order valence-corrected chi connectivity index (χ1v) is 24.0. The number of para-hydroxylation sites is 1. The summed E-state index contributed by atoms with van der Waals surface area (Å²) in [6, 6.07) is 77.0. The SMILES string of the molecule is C1=CCC(N(C2=CCCC=C2)c2c3ccccc3c(N(c3ccccc3)c3ccc4c(-c5ccc6ccccc6c5)c5ccccc5c(-c5ccc6ccccc6c5)c4c3)c3ccccc23)C=C1. The molecule has 0 fully saturated rings. The average molecular weight is 869 g/mol. The van der Waals surface area contributed by atoms with Crippen molar-refractivity contribution in [3.8, 4) is 22.3 Å². The topological polar surface area (TPSA) is 6.48 Å². The van der Waals surface area contributed by atoms with E-state index in [1.165, 1.54) is 104 Å². The summed E-state index contributed by atoms with van der Waals surface area (Å²) in [4.78, 5) is 5.14. The number of anilines is 4. The second kappa shape index (κ2) is 16.8. The Kier molecular flexibility index (Phi) is 9.83. The van der Waals surface area contributed by atoms with Crippen LogP contribution in [0.15, 0.2) is 254 Å². The second-order valence-corrected chi connectivity index (χ2v) is 18.2. The van der Waals surface area contributed by atoms with Crippen LogP contribution in [0.5, 0.6) is 0 Å². The summed E-state index contributed by atoms with van der Waals surface area (Å²) in [5.41, 5.74) is 10.8. The smallest absolute Gasteiger partial charge is 0.0619 e. The van der Waals surface area contributed by atoms with Gasteiger partial charge in [-0.3, -0.25) is 0 Å². The van der Waals surface area contributed by atoms with Gasteiger partial charge in [-0.05, 0) is 127 Å². The first kappa shape index (κ1) is 39.9. The average Bonchev–Trinajstić information content (AvgIpc) is 3.41. The van der Waals surface area contributed by atoms with Crippen molar-refractivity contribution in [1.82, 2.24) is 0 Å². The van der Waals surface area contributed by atoms with Gasteiger partial charge in [0.1, 0.15) is 0 Å². The van der Waals surface area contributed by atoms with Crippen LogP contribution < -0.4 is 9.80 Å². The largest absolute Gasteiger partial charge is 0.333 e. The van der Waals surface area contributed by atoms with Crippen molar-refractivity contribution in [2.45, 2.75) is 25.3 Å². The summed E-state index contributed by atoms with van der Waals surface area (Å²) in [5, 5.41) is 14.7. The molecular weight excluding hydrogens is 821 g/mol. The quantitative estimate of drug-likeness (QED) is 0.111. The van der Waals surface area contributed by atoms with Crippen LogP contribution in [0.3, 0.4) is 0 Å². The molecule has 1 unspecified atom stereocenters. The van der Waals surface area contributed by atoms with Gasteiger partial charge in [0, 0.05) is 38.6 Å². The molecule has 322 valence electrons. The number of benzene rings is 11. The highest BCUT2D eigenvalue weighted by molar-refractivity contribution is 6.25. The summed E-state index contributed by atoms with van der Waals surface area (Å²) in [7, 11) is 0. The van der Waals surface area contributed by atoms with Gasteiger partial charge < -0.3 is 9.80 Å². The van der Waals surface area contributed by atoms with Crippen LogP contribution >= 0.6 is 0 Å². The third kappa shape index (κ3) is 6.71. The number of hydrogen-bond donors (Lipinski definition) is 0. The summed E-state index contributed by atoms with van der Waals surface area (Å²) in [5.74, 6) is 0. The number of nitrogens with zero attached hydrogens (tertiary/aromatic N) is 2. The van der Waals surface area contributed by atoms with Crippen LogP contribution in [0.4, 0.5) is 22.7 Å². The number of hydrogen-bond acceptors (Lipinski definition) is 2. The minimum Gasteiger partial charge on any atom is -0.333 e. The van der Waals surface area contributed by atoms with E-state index in [2.05, 4.69) is 259 Å². The minimum absolute atomic E-state index is 0.178. The van der Waals surface area contributed by atoms with E-state index in [4.69, 9.17) is 0 Å². The Labute approximate surface area is 397 Å². The lowest BCUT2D eigenvalue weighted by molar-refractivity contribution is 0.759. The van der Waals surface area contributed by atoms with Gasteiger partial charge in [-0.25, -0.2) is 0 Å². The lowest BCUT2D eigenvalue weighted by Crippen LogP contribution is -2.34. The van der Waals surface area contributed by atoms with E-state index in [-0.39, 0.29) is 6.04 Å². The van der Waals surface area contributed by atoms with Crippen molar-refractivity contribution in [2.24, 2.45) is 0 Å². The molecule has 68 heavy (non-hydrogen) atoms. The Morgan fingerprint density at radius 1 is 0.368 bits per heavy atom. The van der Waals surface area contributed by atoms with E-state index in [1.807, 2.05) is 0 Å². The molecule has 0 saturated heterocycles. The minimum atomic E-state index is 0.178. The first-order chi connectivity index (χ1) is 33.8. The lowest BCUT2D eigenvalue weighted by Gasteiger charge is -2.37. The van der Waals surface area contributed by atoms with E-state index in [1.54, 1.807) is 0 Å². The third-order valence-electron chi connectivity index (χ3n) is 14.2. The van der Waals surface area contributed by atoms with Crippen LogP contribution in [0, 0.1) is 0 Å². The number of rotatable bonds is 8. The van der Waals surface area contributed by atoms with Crippen molar-refractivity contribution in [3.63, 3.8) is 0 Å². The maximum absolute atomic E-state index is 2.61. The molecule has 2 aliphatic rings. The number of allylic oxidation sites excluding steroid dienone is 5. The molecule has 0 aromatic heterocycles. The molecule has 0 aliphatic heterocycles. The van der Waals surface area contributed by atoms with Gasteiger partial charge in [0.25, 0.3) is 0 Å². The fraction of sp³-hybridized carbons (Fsp3) is 0.0606. The predicted octanol–water partition coefficient (Wildman–Crippen LogP) is 18.3. The molecule has 2 nitrogen and oxygen atoms in total. The fourth-order valence-electron chi connectivity index (χ4n) is 11.2. The van der Waals surface area contributed by atoms with Crippen molar-refractivity contribution in [3.05, 3.63) is 254 Å². The molecule has 1 atom stereocenters. The van der Waals surface area contributed by atoms with Crippen molar-refractivity contribution >= 4 is 87.4 Å². The van der Waals surface area contributed by atoms with Crippen LogP contribution in [0.1, 0.15) is 19.3 Å². The zero-order valence-electron chi connectivity index (χ0n) is 37.8. The molecule has 2 heteroatoms. The molecular formula is C66H48N2. The van der Waals surface area contributed by atoms with E-state index >= 15 is 0 Å². The van der Waals surface area contributed by atoms with Gasteiger partial charge in [-0.2, -0.15) is 0 Å². The normalized spacial score (nSPS) is 14.6. The van der Waals surface area contributed by atoms with E-state index in [9.17, 15) is 0 Å². The molecule has 13 rings (SSSR count). The van der Waals surface area contributed by atoms with Crippen LogP contribution in [-0.4, -0.2) is 6.04 Å². The highest BCUT2D eigenvalue weighted by Crippen LogP contribution is 2.52. The maximum atomic E-state index is 2.61. The van der Waals surface area contributed by atoms with Gasteiger partial charge in [-0.1, -0.05) is 206 Å². The standard InChI is InChI=1S/C66H48N2/c1-4-24-51(25-5-1)67(52-26-6-2-7-27-52)65-58-32-16-18-34-60(58)66(61-35-19-17-33-59(61)65)68(53-28-8-3-9-29-53)54-40-41-57-62(44-54)64(50-39-37-46-21-11-13-23-48(46)43-50)56-31-15-14-30-55(56)63(57)49-38-36-45-20-10-12-22-47(45)42-49/h1,3-6,8-24,26-44,51H,2,7,25H2. The number of fused-ring (bicyclic) bond motifs is 6. The predicted molar refractivity (Wildman–Crippen MR) is 293 cm³/mol. The van der Waals surface area contributed by atoms with Crippen LogP contribution in [0.25, 0.3) is 86.9 Å². The van der Waals surface area contributed by atoms with Gasteiger partial charge >= 0.3 is 0 Å². The van der Waals surface area contributed by atoms with Gasteiger partial charge in [0.2, 0.25) is 0 Å². The van der Waals surface area contributed by atoms with E-state index < -0.39 is 0 Å². The Balaban J connectivity index is 1.13. The maximum Gasteiger partial charge on any atom is 0.0619 e. The Morgan fingerprint density at radius 3 is 1.47 bits per heavy atom. The molecule has 0 saturated carbocycles. The molecule has 0 bridgehead atoms. The van der Waals surface area contributed by atoms with Crippen LogP contribution in [0.2, 0.25) is 0 Å². The molecule has 11 aromatic rings. The summed E-state index contributed by atoms with van der Waals surface area (Å²) < 4.78 is 0. The van der Waals surface area contributed by atoms with Crippen molar-refractivity contribution in [1.29, 1.82) is 0 Å². The zero-order valence-corrected chi connectivity index (χ0v) is 37.8. The molecule has 0 N–H and O–H groups in total. The second-order valence-electron chi connectivity index (χ2n) is 18.2. The summed E-state index contributed by atoms with van der Waals surface area (Å²) in [6.07, 6.45) is 19.2. The Bertz CT molecular complexity index is 3850. The molecule has 0 amide bonds. The summed E-state index contributed by atoms with van der Waals surface area (Å²) in [6.45, 7) is 0. The van der Waals surface area contributed by atoms with Gasteiger partial charge in [0.15, 0.2) is 0 Å². The Morgan fingerprint density at radius 2 is 0.897 bits per heavy atom. The fourth-order valence-corrected chi connectivity index (χ4v) is 11.2. The molecule has 0 spiro atoms. The molecule has 2 aliphatic carbocycles. The van der Waals surface area contributed by atoms with Gasteiger partial charge in [0.05, 0.1) is 17.4 Å². The molecule has 0 radical (unpaired) electrons. The van der Waals surface area contributed by atoms with Crippen LogP contribution in [-0.2, 0) is 0 Å². The zero-order chi connectivity index (χ0) is 45.0. The monoisotopic (exact) mass is 868 g/mol. The third-order valence-corrected chi connectivity index (χ3v) is 14.2. The van der Waals surface area contributed by atoms with Gasteiger partial charge in [-0.15, -0.1) is 0 Å². The van der Waals surface area contributed by atoms with Crippen molar-refractivity contribution in [2.75, 3.05) is 9.80 Å². The van der Waals surface area contributed by atoms with E-state index in [0.29, 0.717) is 0 Å². The van der Waals surface area contributed by atoms with E-state index in [0.717, 1.165) is 30.6 Å². The Hall–Kier alpha value is -8.46. The highest BCUT2D eigenvalue weighted by Gasteiger charge is 2.29. The first-order valence-electron chi connectivity index (χ1n) is 24.0. The molecule has 0 heterocycles. The highest BCUT2D eigenvalue weighted by atomic mass is 15.2. The molecule has 11 aromatic carbocycles. The summed E-state index contributed by atoms with van der Waals surface area (Å²) >= 11 is 0.